The van der Waals surface area contributed by atoms with Gasteiger partial charge in [0.1, 0.15) is 0 Å². The monoisotopic (exact) mass is 339 g/mol. The van der Waals surface area contributed by atoms with Crippen LogP contribution in [0.2, 0.25) is 0 Å². The van der Waals surface area contributed by atoms with Crippen molar-refractivity contribution in [2.24, 2.45) is 46.7 Å². The van der Waals surface area contributed by atoms with Gasteiger partial charge in [-0.15, -0.1) is 0 Å². The summed E-state index contributed by atoms with van der Waals surface area (Å²) in [5.41, 5.74) is 10.1. The van der Waals surface area contributed by atoms with E-state index in [9.17, 15) is 0 Å². The molecule has 138 valence electrons. The normalized spacial score (nSPS) is 50.6. The summed E-state index contributed by atoms with van der Waals surface area (Å²) < 4.78 is 0. The summed E-state index contributed by atoms with van der Waals surface area (Å²) in [6.07, 6.45) is 21.0. The first-order valence-corrected chi connectivity index (χ1v) is 11.3. The number of hydrogen-bond donors (Lipinski definition) is 1. The maximum Gasteiger partial charge on any atom is -0.00399 e. The van der Waals surface area contributed by atoms with Crippen molar-refractivity contribution in [3.63, 3.8) is 0 Å². The molecule has 0 spiro atoms. The summed E-state index contributed by atoms with van der Waals surface area (Å²) >= 11 is 0. The molecule has 5 aliphatic carbocycles. The Morgan fingerprint density at radius 1 is 1.12 bits per heavy atom. The first kappa shape index (κ1) is 16.6. The molecule has 0 aliphatic heterocycles. The lowest BCUT2D eigenvalue weighted by Gasteiger charge is -2.40. The number of rotatable bonds is 2. The van der Waals surface area contributed by atoms with Crippen LogP contribution in [-0.4, -0.2) is 6.54 Å². The molecule has 5 aliphatic rings. The Kier molecular flexibility index (Phi) is 4.15. The van der Waals surface area contributed by atoms with Gasteiger partial charge in [-0.05, 0) is 105 Å². The van der Waals surface area contributed by atoms with Gasteiger partial charge in [0, 0.05) is 0 Å². The quantitative estimate of drug-likeness (QED) is 0.626. The first-order chi connectivity index (χ1) is 12.2. The Morgan fingerprint density at radius 3 is 2.92 bits per heavy atom. The second kappa shape index (κ2) is 6.25. The van der Waals surface area contributed by atoms with E-state index >= 15 is 0 Å². The molecule has 1 nitrogen and oxygen atoms in total. The van der Waals surface area contributed by atoms with Crippen LogP contribution < -0.4 is 5.73 Å². The largest absolute Gasteiger partial charge is 0.330 e. The molecule has 8 bridgehead atoms. The smallest absolute Gasteiger partial charge is 0.00399 e. The molecule has 7 unspecified atom stereocenters. The van der Waals surface area contributed by atoms with Crippen LogP contribution in [0.4, 0.5) is 0 Å². The fraction of sp³-hybridized carbons (Fsp3) is 0.833. The summed E-state index contributed by atoms with van der Waals surface area (Å²) in [7, 11) is 0. The van der Waals surface area contributed by atoms with Gasteiger partial charge in [-0.1, -0.05) is 43.1 Å². The van der Waals surface area contributed by atoms with Crippen molar-refractivity contribution in [3.8, 4) is 0 Å². The van der Waals surface area contributed by atoms with Crippen LogP contribution in [0.5, 0.6) is 0 Å². The Labute approximate surface area is 154 Å². The molecule has 0 amide bonds. The molecular formula is C24H37N. The van der Waals surface area contributed by atoms with Gasteiger partial charge in [0.2, 0.25) is 0 Å². The van der Waals surface area contributed by atoms with Crippen LogP contribution in [0, 0.1) is 40.9 Å². The molecule has 0 aromatic carbocycles. The SMILES string of the molecule is CC12CCCCC3C/C(CCN)=C\CC1C1C4CC3C1CCCC=C42. The standard InChI is InChI=1S/C24H37N/c1-24-12-5-4-6-17-14-16(11-13-25)9-10-22(24)23-18-7-2-3-8-21(24)20(23)15-19(17)18/h8-9,17-20,22-23H,2-7,10-15,25H2,1H3/b16-9-,21-8?. The fourth-order valence-electron chi connectivity index (χ4n) is 8.35. The van der Waals surface area contributed by atoms with Crippen molar-refractivity contribution in [3.05, 3.63) is 23.3 Å². The van der Waals surface area contributed by atoms with E-state index in [4.69, 9.17) is 5.73 Å². The fourth-order valence-corrected chi connectivity index (χ4v) is 8.35. The van der Waals surface area contributed by atoms with E-state index in [0.717, 1.165) is 48.5 Å². The molecule has 3 fully saturated rings. The summed E-state index contributed by atoms with van der Waals surface area (Å²) in [6, 6.07) is 0. The van der Waals surface area contributed by atoms with E-state index in [1.165, 1.54) is 64.2 Å². The highest BCUT2D eigenvalue weighted by Crippen LogP contribution is 2.69. The van der Waals surface area contributed by atoms with Gasteiger partial charge in [0.15, 0.2) is 0 Å². The average molecular weight is 340 g/mol. The van der Waals surface area contributed by atoms with Crippen LogP contribution in [-0.2, 0) is 0 Å². The van der Waals surface area contributed by atoms with E-state index in [-0.39, 0.29) is 0 Å². The van der Waals surface area contributed by atoms with Crippen molar-refractivity contribution < 1.29 is 0 Å². The number of hydrogen-bond acceptors (Lipinski definition) is 1. The Hall–Kier alpha value is -0.560. The van der Waals surface area contributed by atoms with Gasteiger partial charge in [0.05, 0.1) is 0 Å². The number of nitrogens with two attached hydrogens (primary N) is 1. The molecule has 5 rings (SSSR count). The maximum absolute atomic E-state index is 5.98. The van der Waals surface area contributed by atoms with Crippen molar-refractivity contribution in [2.75, 3.05) is 6.54 Å². The molecule has 0 saturated heterocycles. The number of allylic oxidation sites excluding steroid dienone is 3. The average Bonchev–Trinajstić information content (AvgIpc) is 3.08. The van der Waals surface area contributed by atoms with Gasteiger partial charge in [-0.25, -0.2) is 0 Å². The Morgan fingerprint density at radius 2 is 2.04 bits per heavy atom. The molecule has 0 radical (unpaired) electrons. The zero-order valence-electron chi connectivity index (χ0n) is 16.2. The van der Waals surface area contributed by atoms with Crippen LogP contribution >= 0.6 is 0 Å². The molecule has 3 saturated carbocycles. The highest BCUT2D eigenvalue weighted by atomic mass is 14.7. The second-order valence-corrected chi connectivity index (χ2v) is 10.2. The molecule has 25 heavy (non-hydrogen) atoms. The Balaban J connectivity index is 1.66. The van der Waals surface area contributed by atoms with Gasteiger partial charge in [0.25, 0.3) is 0 Å². The van der Waals surface area contributed by atoms with Crippen molar-refractivity contribution >= 4 is 0 Å². The van der Waals surface area contributed by atoms with Crippen LogP contribution in [0.15, 0.2) is 23.3 Å². The third-order valence-electron chi connectivity index (χ3n) is 9.26. The molecule has 0 aromatic rings. The summed E-state index contributed by atoms with van der Waals surface area (Å²) in [5.74, 6) is 5.89. The van der Waals surface area contributed by atoms with E-state index in [2.05, 4.69) is 19.1 Å². The van der Waals surface area contributed by atoms with Gasteiger partial charge in [-0.3, -0.25) is 0 Å². The second-order valence-electron chi connectivity index (χ2n) is 10.2. The van der Waals surface area contributed by atoms with E-state index in [1.807, 2.05) is 5.57 Å². The highest BCUT2D eigenvalue weighted by Gasteiger charge is 2.61. The molecule has 1 heteroatoms. The summed E-state index contributed by atoms with van der Waals surface area (Å²) in [4.78, 5) is 0. The lowest BCUT2D eigenvalue weighted by Crippen LogP contribution is -2.32. The lowest BCUT2D eigenvalue weighted by molar-refractivity contribution is 0.112. The number of fused-ring (bicyclic) bond motifs is 1. The van der Waals surface area contributed by atoms with E-state index in [0.29, 0.717) is 5.41 Å². The minimum Gasteiger partial charge on any atom is -0.330 e. The molecule has 7 atom stereocenters. The third kappa shape index (κ3) is 2.44. The third-order valence-corrected chi connectivity index (χ3v) is 9.26. The minimum absolute atomic E-state index is 0.504. The zero-order valence-corrected chi connectivity index (χ0v) is 16.2. The summed E-state index contributed by atoms with van der Waals surface area (Å²) in [5, 5.41) is 0. The van der Waals surface area contributed by atoms with Gasteiger partial charge in [-0.2, -0.15) is 0 Å². The molecule has 0 heterocycles. The molecule has 0 aromatic heterocycles. The summed E-state index contributed by atoms with van der Waals surface area (Å²) in [6.45, 7) is 3.51. The minimum atomic E-state index is 0.504. The molecular weight excluding hydrogens is 302 g/mol. The lowest BCUT2D eigenvalue weighted by atomic mass is 9.64. The van der Waals surface area contributed by atoms with E-state index in [1.54, 1.807) is 5.57 Å². The van der Waals surface area contributed by atoms with Crippen LogP contribution in [0.3, 0.4) is 0 Å². The van der Waals surface area contributed by atoms with Gasteiger partial charge >= 0.3 is 0 Å². The van der Waals surface area contributed by atoms with Crippen LogP contribution in [0.25, 0.3) is 0 Å². The predicted molar refractivity (Wildman–Crippen MR) is 105 cm³/mol. The first-order valence-electron chi connectivity index (χ1n) is 11.3. The topological polar surface area (TPSA) is 26.0 Å². The van der Waals surface area contributed by atoms with Crippen molar-refractivity contribution in [1.29, 1.82) is 0 Å². The van der Waals surface area contributed by atoms with E-state index < -0.39 is 0 Å². The van der Waals surface area contributed by atoms with Crippen molar-refractivity contribution in [2.45, 2.75) is 77.6 Å². The zero-order chi connectivity index (χ0) is 17.0. The maximum atomic E-state index is 5.98. The predicted octanol–water partition coefficient (Wildman–Crippen LogP) is 5.86. The van der Waals surface area contributed by atoms with Crippen molar-refractivity contribution in [1.82, 2.24) is 0 Å². The highest BCUT2D eigenvalue weighted by molar-refractivity contribution is 5.32. The molecule has 2 N–H and O–H groups in total. The van der Waals surface area contributed by atoms with Crippen LogP contribution in [0.1, 0.15) is 77.6 Å². The van der Waals surface area contributed by atoms with Gasteiger partial charge < -0.3 is 5.73 Å². The Bertz CT molecular complexity index is 587.